The van der Waals surface area contributed by atoms with E-state index in [-0.39, 0.29) is 17.5 Å². The number of hydrogen-bond donors (Lipinski definition) is 1. The van der Waals surface area contributed by atoms with Crippen LogP contribution in [0.2, 0.25) is 0 Å². The van der Waals surface area contributed by atoms with Crippen LogP contribution in [0.1, 0.15) is 54.4 Å². The van der Waals surface area contributed by atoms with Crippen LogP contribution in [-0.2, 0) is 9.53 Å². The minimum Gasteiger partial charge on any atom is -0.462 e. The molecule has 0 aromatic heterocycles. The van der Waals surface area contributed by atoms with Gasteiger partial charge in [-0.25, -0.2) is 0 Å². The van der Waals surface area contributed by atoms with Gasteiger partial charge in [0.2, 0.25) is 0 Å². The van der Waals surface area contributed by atoms with Gasteiger partial charge in [0.05, 0.1) is 6.10 Å². The summed E-state index contributed by atoms with van der Waals surface area (Å²) in [4.78, 5) is 10.7. The molecule has 0 bridgehead atoms. The molecular formula is C22H32O3. The predicted molar refractivity (Wildman–Crippen MR) is 104 cm³/mol. The largest absolute Gasteiger partial charge is 0.462 e. The van der Waals surface area contributed by atoms with E-state index in [1.807, 2.05) is 25.2 Å². The van der Waals surface area contributed by atoms with Crippen LogP contribution in [0.15, 0.2) is 58.7 Å². The van der Waals surface area contributed by atoms with Crippen molar-refractivity contribution >= 4 is 5.97 Å². The topological polar surface area (TPSA) is 46.5 Å². The van der Waals surface area contributed by atoms with Crippen LogP contribution >= 0.6 is 0 Å². The zero-order valence-corrected chi connectivity index (χ0v) is 16.4. The van der Waals surface area contributed by atoms with Crippen molar-refractivity contribution in [2.45, 2.75) is 60.5 Å². The smallest absolute Gasteiger partial charge is 0.302 e. The molecule has 1 atom stereocenters. The van der Waals surface area contributed by atoms with E-state index < -0.39 is 0 Å². The second-order valence-electron chi connectivity index (χ2n) is 7.49. The fourth-order valence-electron chi connectivity index (χ4n) is 3.16. The zero-order valence-electron chi connectivity index (χ0n) is 16.4. The highest BCUT2D eigenvalue weighted by Gasteiger charge is 2.31. The van der Waals surface area contributed by atoms with Crippen LogP contribution in [0.4, 0.5) is 0 Å². The fourth-order valence-corrected chi connectivity index (χ4v) is 3.16. The lowest BCUT2D eigenvalue weighted by molar-refractivity contribution is -0.139. The number of esters is 1. The molecular weight excluding hydrogens is 312 g/mol. The summed E-state index contributed by atoms with van der Waals surface area (Å²) in [5.41, 5.74) is 4.81. The van der Waals surface area contributed by atoms with Gasteiger partial charge in [0.1, 0.15) is 6.61 Å². The average Bonchev–Trinajstić information content (AvgIpc) is 2.44. The SMILES string of the molecule is CC(=O)OC/C=C(C)/C=C/C=C(C)/C=C/C1=C(C)C[C@@H](O)CC1(C)C. The highest BCUT2D eigenvalue weighted by atomic mass is 16.5. The van der Waals surface area contributed by atoms with Crippen LogP contribution in [0.5, 0.6) is 0 Å². The third kappa shape index (κ3) is 7.70. The third-order valence-corrected chi connectivity index (χ3v) is 4.40. The summed E-state index contributed by atoms with van der Waals surface area (Å²) >= 11 is 0. The second kappa shape index (κ2) is 9.57. The molecule has 25 heavy (non-hydrogen) atoms. The van der Waals surface area contributed by atoms with Gasteiger partial charge >= 0.3 is 5.97 Å². The van der Waals surface area contributed by atoms with Gasteiger partial charge in [0.15, 0.2) is 0 Å². The molecule has 0 heterocycles. The first-order valence-corrected chi connectivity index (χ1v) is 8.83. The first-order chi connectivity index (χ1) is 11.6. The van der Waals surface area contributed by atoms with Crippen LogP contribution < -0.4 is 0 Å². The minimum atomic E-state index is -0.267. The maximum absolute atomic E-state index is 10.7. The van der Waals surface area contributed by atoms with E-state index in [1.54, 1.807) is 0 Å². The minimum absolute atomic E-state index is 0.00437. The number of carbonyl (C=O) groups excluding carboxylic acids is 1. The second-order valence-corrected chi connectivity index (χ2v) is 7.49. The van der Waals surface area contributed by atoms with Gasteiger partial charge in [-0.15, -0.1) is 0 Å². The van der Waals surface area contributed by atoms with Gasteiger partial charge in [-0.3, -0.25) is 4.79 Å². The number of allylic oxidation sites excluding steroid dienone is 8. The molecule has 1 aliphatic rings. The van der Waals surface area contributed by atoms with E-state index in [0.717, 1.165) is 24.0 Å². The van der Waals surface area contributed by atoms with Gasteiger partial charge in [-0.05, 0) is 50.7 Å². The number of ether oxygens (including phenoxy) is 1. The summed E-state index contributed by atoms with van der Waals surface area (Å²) in [5.74, 6) is -0.267. The van der Waals surface area contributed by atoms with E-state index >= 15 is 0 Å². The molecule has 0 amide bonds. The molecule has 3 heteroatoms. The monoisotopic (exact) mass is 344 g/mol. The van der Waals surface area contributed by atoms with E-state index in [0.29, 0.717) is 6.61 Å². The van der Waals surface area contributed by atoms with Gasteiger partial charge in [0.25, 0.3) is 0 Å². The molecule has 138 valence electrons. The van der Waals surface area contributed by atoms with Crippen LogP contribution in [0.25, 0.3) is 0 Å². The molecule has 0 unspecified atom stereocenters. The van der Waals surface area contributed by atoms with Crippen molar-refractivity contribution in [2.24, 2.45) is 5.41 Å². The molecule has 0 aromatic carbocycles. The summed E-state index contributed by atoms with van der Waals surface area (Å²) in [6, 6.07) is 0. The van der Waals surface area contributed by atoms with Crippen LogP contribution in [0.3, 0.4) is 0 Å². The summed E-state index contributed by atoms with van der Waals surface area (Å²) in [6.07, 6.45) is 13.6. The van der Waals surface area contributed by atoms with E-state index in [1.165, 1.54) is 18.1 Å². The lowest BCUT2D eigenvalue weighted by Crippen LogP contribution is -2.28. The van der Waals surface area contributed by atoms with Gasteiger partial charge in [-0.1, -0.05) is 60.9 Å². The van der Waals surface area contributed by atoms with Crippen molar-refractivity contribution in [1.82, 2.24) is 0 Å². The zero-order chi connectivity index (χ0) is 19.0. The van der Waals surface area contributed by atoms with E-state index in [9.17, 15) is 9.90 Å². The molecule has 1 rings (SSSR count). The molecule has 3 nitrogen and oxygen atoms in total. The molecule has 0 aromatic rings. The summed E-state index contributed by atoms with van der Waals surface area (Å²) in [7, 11) is 0. The van der Waals surface area contributed by atoms with E-state index in [4.69, 9.17) is 4.74 Å². The molecule has 0 fully saturated rings. The Morgan fingerprint density at radius 1 is 1.24 bits per heavy atom. The number of rotatable bonds is 6. The summed E-state index contributed by atoms with van der Waals surface area (Å²) in [5, 5.41) is 9.96. The van der Waals surface area contributed by atoms with Crippen molar-refractivity contribution in [3.8, 4) is 0 Å². The molecule has 0 saturated carbocycles. The molecule has 1 N–H and O–H groups in total. The Morgan fingerprint density at radius 2 is 1.92 bits per heavy atom. The predicted octanol–water partition coefficient (Wildman–Crippen LogP) is 5.05. The van der Waals surface area contributed by atoms with E-state index in [2.05, 4.69) is 45.9 Å². The Labute approximate surface area is 152 Å². The van der Waals surface area contributed by atoms with Crippen molar-refractivity contribution < 1.29 is 14.6 Å². The summed E-state index contributed by atoms with van der Waals surface area (Å²) in [6.45, 7) is 12.2. The van der Waals surface area contributed by atoms with Crippen molar-refractivity contribution in [1.29, 1.82) is 0 Å². The average molecular weight is 344 g/mol. The van der Waals surface area contributed by atoms with Crippen molar-refractivity contribution in [3.05, 3.63) is 58.7 Å². The maximum atomic E-state index is 10.7. The van der Waals surface area contributed by atoms with Crippen LogP contribution in [0, 0.1) is 5.41 Å². The Kier molecular flexibility index (Phi) is 8.11. The van der Waals surface area contributed by atoms with Gasteiger partial charge in [0, 0.05) is 6.92 Å². The van der Waals surface area contributed by atoms with Crippen molar-refractivity contribution in [3.63, 3.8) is 0 Å². The maximum Gasteiger partial charge on any atom is 0.302 e. The number of aliphatic hydroxyl groups excluding tert-OH is 1. The first-order valence-electron chi connectivity index (χ1n) is 8.83. The Bertz CT molecular complexity index is 628. The fraction of sp³-hybridized carbons (Fsp3) is 0.500. The molecule has 0 aliphatic heterocycles. The number of carbonyl (C=O) groups is 1. The van der Waals surface area contributed by atoms with Gasteiger partial charge < -0.3 is 9.84 Å². The lowest BCUT2D eigenvalue weighted by Gasteiger charge is -2.35. The van der Waals surface area contributed by atoms with Crippen molar-refractivity contribution in [2.75, 3.05) is 6.61 Å². The quantitative estimate of drug-likeness (QED) is 0.541. The number of aliphatic hydroxyl groups is 1. The van der Waals surface area contributed by atoms with Crippen LogP contribution in [-0.4, -0.2) is 23.8 Å². The standard InChI is InChI=1S/C22H32O3/c1-16(8-7-9-17(2)12-13-25-19(4)23)10-11-21-18(3)14-20(24)15-22(21,5)6/h7-12,20,24H,13-15H2,1-6H3/b9-7+,11-10+,16-8+,17-12+/t20-/m1/s1. The number of hydrogen-bond acceptors (Lipinski definition) is 3. The Morgan fingerprint density at radius 3 is 2.52 bits per heavy atom. The normalized spacial score (nSPS) is 22.1. The molecule has 0 saturated heterocycles. The first kappa shape index (κ1) is 21.2. The highest BCUT2D eigenvalue weighted by Crippen LogP contribution is 2.40. The Hall–Kier alpha value is -1.87. The summed E-state index contributed by atoms with van der Waals surface area (Å²) < 4.78 is 4.88. The molecule has 0 radical (unpaired) electrons. The molecule has 1 aliphatic carbocycles. The third-order valence-electron chi connectivity index (χ3n) is 4.40. The lowest BCUT2D eigenvalue weighted by atomic mass is 9.71. The Balaban J connectivity index is 2.71. The highest BCUT2D eigenvalue weighted by molar-refractivity contribution is 5.66. The van der Waals surface area contributed by atoms with Gasteiger partial charge in [-0.2, -0.15) is 0 Å². The molecule has 0 spiro atoms.